The minimum atomic E-state index is -0.486. The molecule has 1 aliphatic rings. The second kappa shape index (κ2) is 6.43. The molecule has 112 valence electrons. The number of hydrogen-bond donors (Lipinski definition) is 2. The van der Waals surface area contributed by atoms with Crippen LogP contribution in [-0.4, -0.2) is 54.4 Å². The minimum absolute atomic E-state index is 0.268. The third-order valence-corrected chi connectivity index (χ3v) is 4.42. The number of hydrogen-bond acceptors (Lipinski definition) is 4. The van der Waals surface area contributed by atoms with Gasteiger partial charge in [-0.2, -0.15) is 0 Å². The van der Waals surface area contributed by atoms with Gasteiger partial charge >= 0.3 is 0 Å². The van der Waals surface area contributed by atoms with Gasteiger partial charge in [0.2, 0.25) is 0 Å². The quantitative estimate of drug-likeness (QED) is 0.878. The molecule has 20 heavy (non-hydrogen) atoms. The Morgan fingerprint density at radius 1 is 1.45 bits per heavy atom. The molecule has 1 aliphatic heterocycles. The van der Waals surface area contributed by atoms with Crippen LogP contribution in [0, 0.1) is 0 Å². The van der Waals surface area contributed by atoms with Crippen LogP contribution in [0.5, 0.6) is 0 Å². The predicted molar refractivity (Wildman–Crippen MR) is 85.1 cm³/mol. The van der Waals surface area contributed by atoms with E-state index in [2.05, 4.69) is 39.8 Å². The van der Waals surface area contributed by atoms with Gasteiger partial charge in [0.25, 0.3) is 0 Å². The zero-order chi connectivity index (χ0) is 14.9. The largest absolute Gasteiger partial charge is 0.391 e. The highest BCUT2D eigenvalue weighted by molar-refractivity contribution is 9.10. The Labute approximate surface area is 129 Å². The van der Waals surface area contributed by atoms with E-state index in [0.29, 0.717) is 12.6 Å². The Morgan fingerprint density at radius 2 is 2.15 bits per heavy atom. The van der Waals surface area contributed by atoms with Crippen LogP contribution in [0.1, 0.15) is 25.0 Å². The van der Waals surface area contributed by atoms with Crippen molar-refractivity contribution in [3.8, 4) is 0 Å². The van der Waals surface area contributed by atoms with Gasteiger partial charge in [0, 0.05) is 29.3 Å². The van der Waals surface area contributed by atoms with E-state index >= 15 is 0 Å². The second-order valence-electron chi connectivity index (χ2n) is 5.84. The first-order valence-corrected chi connectivity index (χ1v) is 7.74. The smallest absolute Gasteiger partial charge is 0.0772 e. The molecule has 1 fully saturated rings. The Balaban J connectivity index is 2.23. The van der Waals surface area contributed by atoms with Crippen LogP contribution in [0.3, 0.4) is 0 Å². The number of halogens is 1. The molecule has 1 heterocycles. The van der Waals surface area contributed by atoms with E-state index in [1.807, 2.05) is 18.2 Å². The van der Waals surface area contributed by atoms with Crippen molar-refractivity contribution >= 4 is 21.6 Å². The number of aliphatic hydroxyl groups excluding tert-OH is 2. The van der Waals surface area contributed by atoms with Gasteiger partial charge in [-0.3, -0.25) is 0 Å². The molecule has 0 bridgehead atoms. The summed E-state index contributed by atoms with van der Waals surface area (Å²) in [5.74, 6) is 0. The Bertz CT molecular complexity index is 465. The van der Waals surface area contributed by atoms with Gasteiger partial charge in [0.15, 0.2) is 0 Å². The highest BCUT2D eigenvalue weighted by Gasteiger charge is 2.31. The molecule has 2 N–H and O–H groups in total. The molecule has 0 saturated carbocycles. The maximum atomic E-state index is 9.94. The molecule has 0 spiro atoms. The third-order valence-electron chi connectivity index (χ3n) is 3.73. The Kier molecular flexibility index (Phi) is 5.07. The van der Waals surface area contributed by atoms with Gasteiger partial charge in [-0.25, -0.2) is 0 Å². The average molecular weight is 343 g/mol. The van der Waals surface area contributed by atoms with Crippen LogP contribution in [-0.2, 0) is 0 Å². The van der Waals surface area contributed by atoms with Crippen LogP contribution in [0.15, 0.2) is 22.7 Å². The average Bonchev–Trinajstić information content (AvgIpc) is 2.68. The fraction of sp³-hybridized carbons (Fsp3) is 0.600. The summed E-state index contributed by atoms with van der Waals surface area (Å²) in [5.41, 5.74) is 1.97. The van der Waals surface area contributed by atoms with Gasteiger partial charge in [0.05, 0.1) is 12.2 Å². The number of benzene rings is 1. The summed E-state index contributed by atoms with van der Waals surface area (Å²) >= 11 is 3.52. The summed E-state index contributed by atoms with van der Waals surface area (Å²) in [7, 11) is 4.10. The zero-order valence-corrected chi connectivity index (χ0v) is 13.8. The molecule has 0 radical (unpaired) electrons. The van der Waals surface area contributed by atoms with Crippen LogP contribution in [0.25, 0.3) is 0 Å². The molecule has 0 aliphatic carbocycles. The van der Waals surface area contributed by atoms with Gasteiger partial charge < -0.3 is 20.0 Å². The molecular formula is C15H23BrN2O2. The van der Waals surface area contributed by atoms with Gasteiger partial charge in [-0.05, 0) is 45.1 Å². The van der Waals surface area contributed by atoms with Crippen molar-refractivity contribution in [1.82, 2.24) is 4.90 Å². The maximum Gasteiger partial charge on any atom is 0.0772 e. The number of nitrogens with zero attached hydrogens (tertiary/aromatic N) is 2. The number of β-amino-alcohol motifs (C(OH)–C–C–N with tert-alkyl or cyclic N) is 1. The van der Waals surface area contributed by atoms with Crippen LogP contribution in [0.2, 0.25) is 0 Å². The highest BCUT2D eigenvalue weighted by atomic mass is 79.9. The lowest BCUT2D eigenvalue weighted by Gasteiger charge is -2.29. The summed E-state index contributed by atoms with van der Waals surface area (Å²) in [5, 5.41) is 19.6. The molecule has 5 heteroatoms. The van der Waals surface area contributed by atoms with E-state index in [1.165, 1.54) is 0 Å². The first kappa shape index (κ1) is 15.8. The van der Waals surface area contributed by atoms with Crippen molar-refractivity contribution in [1.29, 1.82) is 0 Å². The van der Waals surface area contributed by atoms with E-state index < -0.39 is 6.10 Å². The summed E-state index contributed by atoms with van der Waals surface area (Å²) < 4.78 is 0.912. The van der Waals surface area contributed by atoms with E-state index in [9.17, 15) is 10.2 Å². The summed E-state index contributed by atoms with van der Waals surface area (Å²) in [6, 6.07) is 6.32. The van der Waals surface area contributed by atoms with Crippen molar-refractivity contribution in [3.05, 3.63) is 28.2 Å². The van der Waals surface area contributed by atoms with E-state index in [4.69, 9.17) is 0 Å². The maximum absolute atomic E-state index is 9.94. The molecular weight excluding hydrogens is 320 g/mol. The van der Waals surface area contributed by atoms with Gasteiger partial charge in [-0.1, -0.05) is 22.0 Å². The van der Waals surface area contributed by atoms with Crippen molar-refractivity contribution in [2.24, 2.45) is 0 Å². The molecule has 3 atom stereocenters. The Morgan fingerprint density at radius 3 is 2.70 bits per heavy atom. The molecule has 1 saturated heterocycles. The number of rotatable bonds is 4. The number of likely N-dealkylation sites (N-methyl/N-ethyl adjacent to an activating group) is 1. The van der Waals surface area contributed by atoms with E-state index in [1.54, 1.807) is 6.92 Å². The van der Waals surface area contributed by atoms with Crippen molar-refractivity contribution < 1.29 is 10.2 Å². The molecule has 0 aromatic heterocycles. The van der Waals surface area contributed by atoms with Gasteiger partial charge in [-0.15, -0.1) is 0 Å². The SMILES string of the molecule is C[C@H](O)c1ccc(N2CC(O)CC2CN(C)C)cc1Br. The van der Waals surface area contributed by atoms with Crippen molar-refractivity contribution in [2.75, 3.05) is 32.1 Å². The topological polar surface area (TPSA) is 46.9 Å². The standard InChI is InChI=1S/C15H23BrN2O2/c1-10(19)14-5-4-11(7-15(14)16)18-9-13(20)6-12(18)8-17(2)3/h4-5,7,10,12-13,19-20H,6,8-9H2,1-3H3/t10-,12?,13?/m0/s1. The highest BCUT2D eigenvalue weighted by Crippen LogP contribution is 2.32. The fourth-order valence-electron chi connectivity index (χ4n) is 2.84. The molecule has 4 nitrogen and oxygen atoms in total. The first-order chi connectivity index (χ1) is 9.38. The zero-order valence-electron chi connectivity index (χ0n) is 12.3. The minimum Gasteiger partial charge on any atom is -0.391 e. The molecule has 2 unspecified atom stereocenters. The fourth-order valence-corrected chi connectivity index (χ4v) is 3.53. The second-order valence-corrected chi connectivity index (χ2v) is 6.69. The van der Waals surface area contributed by atoms with Crippen molar-refractivity contribution in [3.63, 3.8) is 0 Å². The Hall–Kier alpha value is -0.620. The monoisotopic (exact) mass is 342 g/mol. The lowest BCUT2D eigenvalue weighted by atomic mass is 10.1. The normalized spacial score (nSPS) is 24.4. The predicted octanol–water partition coefficient (Wildman–Crippen LogP) is 2.00. The van der Waals surface area contributed by atoms with E-state index in [-0.39, 0.29) is 6.10 Å². The first-order valence-electron chi connectivity index (χ1n) is 6.95. The molecule has 1 aromatic carbocycles. The van der Waals surface area contributed by atoms with Gasteiger partial charge in [0.1, 0.15) is 0 Å². The lowest BCUT2D eigenvalue weighted by molar-refractivity contribution is 0.191. The molecule has 1 aromatic rings. The number of anilines is 1. The molecule has 2 rings (SSSR count). The summed E-state index contributed by atoms with van der Waals surface area (Å²) in [6.07, 6.45) is 0.0452. The third kappa shape index (κ3) is 3.52. The lowest BCUT2D eigenvalue weighted by Crippen LogP contribution is -2.37. The van der Waals surface area contributed by atoms with E-state index in [0.717, 1.165) is 28.7 Å². The summed E-state index contributed by atoms with van der Waals surface area (Å²) in [6.45, 7) is 3.35. The number of aliphatic hydroxyl groups is 2. The molecule has 0 amide bonds. The van der Waals surface area contributed by atoms with Crippen molar-refractivity contribution in [2.45, 2.75) is 31.6 Å². The van der Waals surface area contributed by atoms with Crippen LogP contribution >= 0.6 is 15.9 Å². The van der Waals surface area contributed by atoms with Crippen LogP contribution < -0.4 is 4.90 Å². The summed E-state index contributed by atoms with van der Waals surface area (Å²) in [4.78, 5) is 4.40. The van der Waals surface area contributed by atoms with Crippen LogP contribution in [0.4, 0.5) is 5.69 Å².